The van der Waals surface area contributed by atoms with E-state index in [1.165, 1.54) is 42.5 Å². The Kier molecular flexibility index (Phi) is 3.29. The largest absolute Gasteiger partial charge is 0.365 e. The molecule has 2 aliphatic rings. The molecule has 0 bridgehead atoms. The van der Waals surface area contributed by atoms with Crippen molar-refractivity contribution in [1.29, 1.82) is 0 Å². The lowest BCUT2D eigenvalue weighted by Crippen LogP contribution is -2.59. The molecule has 0 amide bonds. The van der Waals surface area contributed by atoms with E-state index in [0.29, 0.717) is 12.1 Å². The number of benzene rings is 1. The van der Waals surface area contributed by atoms with Gasteiger partial charge in [0.1, 0.15) is 0 Å². The summed E-state index contributed by atoms with van der Waals surface area (Å²) >= 11 is 0. The number of hydrogen-bond donors (Lipinski definition) is 1. The summed E-state index contributed by atoms with van der Waals surface area (Å²) in [5.41, 5.74) is 4.27. The molecule has 1 aliphatic heterocycles. The van der Waals surface area contributed by atoms with Crippen LogP contribution in [0.1, 0.15) is 36.8 Å². The van der Waals surface area contributed by atoms with Gasteiger partial charge < -0.3 is 10.2 Å². The van der Waals surface area contributed by atoms with Gasteiger partial charge in [0.05, 0.1) is 0 Å². The molecule has 1 heterocycles. The van der Waals surface area contributed by atoms with E-state index in [-0.39, 0.29) is 0 Å². The minimum atomic E-state index is 0.715. The van der Waals surface area contributed by atoms with Crippen molar-refractivity contribution >= 4 is 5.69 Å². The molecule has 2 fully saturated rings. The fourth-order valence-electron chi connectivity index (χ4n) is 3.59. The van der Waals surface area contributed by atoms with Gasteiger partial charge in [0.25, 0.3) is 0 Å². The summed E-state index contributed by atoms with van der Waals surface area (Å²) in [4.78, 5) is 2.67. The minimum Gasteiger partial charge on any atom is -0.365 e. The summed E-state index contributed by atoms with van der Waals surface area (Å²) in [6.07, 6.45) is 5.50. The summed E-state index contributed by atoms with van der Waals surface area (Å²) in [5.74, 6) is 0. The highest BCUT2D eigenvalue weighted by atomic mass is 15.2. The van der Waals surface area contributed by atoms with Gasteiger partial charge in [0.2, 0.25) is 0 Å². The van der Waals surface area contributed by atoms with Crippen LogP contribution in [-0.4, -0.2) is 25.2 Å². The zero-order valence-electron chi connectivity index (χ0n) is 11.6. The Morgan fingerprint density at radius 3 is 2.89 bits per heavy atom. The molecular formula is C16H24N2. The van der Waals surface area contributed by atoms with Crippen molar-refractivity contribution in [1.82, 2.24) is 5.32 Å². The number of hydrogen-bond acceptors (Lipinski definition) is 2. The first-order valence-electron chi connectivity index (χ1n) is 7.33. The summed E-state index contributed by atoms with van der Waals surface area (Å²) in [6.45, 7) is 6.73. The average Bonchev–Trinajstić information content (AvgIpc) is 2.41. The summed E-state index contributed by atoms with van der Waals surface area (Å²) < 4.78 is 0. The van der Waals surface area contributed by atoms with Gasteiger partial charge in [-0.15, -0.1) is 0 Å². The number of nitrogens with one attached hydrogen (secondary N) is 1. The monoisotopic (exact) mass is 244 g/mol. The predicted molar refractivity (Wildman–Crippen MR) is 77.3 cm³/mol. The Hall–Kier alpha value is -1.02. The van der Waals surface area contributed by atoms with Gasteiger partial charge in [-0.1, -0.05) is 25.0 Å². The fraction of sp³-hybridized carbons (Fsp3) is 0.625. The topological polar surface area (TPSA) is 15.3 Å². The molecule has 1 N–H and O–H groups in total. The number of piperazine rings is 1. The van der Waals surface area contributed by atoms with Gasteiger partial charge in [0.15, 0.2) is 0 Å². The van der Waals surface area contributed by atoms with Crippen molar-refractivity contribution < 1.29 is 0 Å². The third-order valence-electron chi connectivity index (χ3n) is 4.56. The fourth-order valence-corrected chi connectivity index (χ4v) is 3.59. The lowest BCUT2D eigenvalue weighted by Gasteiger charge is -2.46. The molecule has 2 atom stereocenters. The van der Waals surface area contributed by atoms with Crippen LogP contribution in [-0.2, 0) is 0 Å². The Morgan fingerprint density at radius 2 is 2.00 bits per heavy atom. The third kappa shape index (κ3) is 2.14. The molecule has 18 heavy (non-hydrogen) atoms. The maximum atomic E-state index is 3.71. The van der Waals surface area contributed by atoms with Crippen molar-refractivity contribution in [3.8, 4) is 0 Å². The third-order valence-corrected chi connectivity index (χ3v) is 4.56. The molecule has 2 nitrogen and oxygen atoms in total. The number of nitrogens with zero attached hydrogens (tertiary/aromatic N) is 1. The van der Waals surface area contributed by atoms with Crippen LogP contribution in [0.25, 0.3) is 0 Å². The van der Waals surface area contributed by atoms with E-state index in [1.54, 1.807) is 0 Å². The van der Waals surface area contributed by atoms with Gasteiger partial charge in [-0.25, -0.2) is 0 Å². The van der Waals surface area contributed by atoms with Crippen LogP contribution in [0.5, 0.6) is 0 Å². The maximum absolute atomic E-state index is 3.71. The van der Waals surface area contributed by atoms with Crippen LogP contribution in [0.4, 0.5) is 5.69 Å². The first-order valence-corrected chi connectivity index (χ1v) is 7.33. The van der Waals surface area contributed by atoms with Crippen molar-refractivity contribution in [3.05, 3.63) is 29.3 Å². The van der Waals surface area contributed by atoms with Gasteiger partial charge in [-0.05, 0) is 43.9 Å². The van der Waals surface area contributed by atoms with Crippen molar-refractivity contribution in [2.75, 3.05) is 18.0 Å². The first-order chi connectivity index (χ1) is 8.75. The maximum Gasteiger partial charge on any atom is 0.0443 e. The molecule has 0 aromatic heterocycles. The zero-order valence-corrected chi connectivity index (χ0v) is 11.6. The van der Waals surface area contributed by atoms with Crippen LogP contribution in [0.2, 0.25) is 0 Å². The second-order valence-corrected chi connectivity index (χ2v) is 5.90. The summed E-state index contributed by atoms with van der Waals surface area (Å²) in [5, 5.41) is 3.71. The van der Waals surface area contributed by atoms with Crippen LogP contribution < -0.4 is 10.2 Å². The second kappa shape index (κ2) is 4.93. The Bertz CT molecular complexity index is 425. The van der Waals surface area contributed by atoms with E-state index in [4.69, 9.17) is 0 Å². The SMILES string of the molecule is Cc1ccc(C)c(N2CCN[C@@H]3CCCC[C@H]32)c1. The highest BCUT2D eigenvalue weighted by Crippen LogP contribution is 2.31. The van der Waals surface area contributed by atoms with E-state index in [2.05, 4.69) is 42.3 Å². The van der Waals surface area contributed by atoms with E-state index in [9.17, 15) is 0 Å². The normalized spacial score (nSPS) is 28.0. The Labute approximate surface area is 110 Å². The molecule has 0 unspecified atom stereocenters. The number of aryl methyl sites for hydroxylation is 2. The van der Waals surface area contributed by atoms with E-state index < -0.39 is 0 Å². The number of rotatable bonds is 1. The van der Waals surface area contributed by atoms with Crippen LogP contribution in [0, 0.1) is 13.8 Å². The van der Waals surface area contributed by atoms with Crippen LogP contribution in [0.15, 0.2) is 18.2 Å². The number of fused-ring (bicyclic) bond motifs is 1. The standard InChI is InChI=1S/C16H24N2/c1-12-7-8-13(2)16(11-12)18-10-9-17-14-5-3-4-6-15(14)18/h7-8,11,14-15,17H,3-6,9-10H2,1-2H3/t14-,15-/m1/s1. The Morgan fingerprint density at radius 1 is 1.17 bits per heavy atom. The van der Waals surface area contributed by atoms with E-state index >= 15 is 0 Å². The van der Waals surface area contributed by atoms with Gasteiger partial charge in [0, 0.05) is 30.9 Å². The average molecular weight is 244 g/mol. The molecule has 1 aromatic rings. The highest BCUT2D eigenvalue weighted by Gasteiger charge is 2.33. The minimum absolute atomic E-state index is 0.715. The Balaban J connectivity index is 1.91. The molecule has 1 saturated heterocycles. The molecule has 1 aromatic carbocycles. The molecular weight excluding hydrogens is 220 g/mol. The van der Waals surface area contributed by atoms with Crippen molar-refractivity contribution in [2.45, 2.75) is 51.6 Å². The molecule has 0 radical (unpaired) electrons. The highest BCUT2D eigenvalue weighted by molar-refractivity contribution is 5.56. The van der Waals surface area contributed by atoms with Crippen LogP contribution >= 0.6 is 0 Å². The van der Waals surface area contributed by atoms with Crippen molar-refractivity contribution in [3.63, 3.8) is 0 Å². The second-order valence-electron chi connectivity index (χ2n) is 5.90. The van der Waals surface area contributed by atoms with E-state index in [1.807, 2.05) is 0 Å². The van der Waals surface area contributed by atoms with Crippen LogP contribution in [0.3, 0.4) is 0 Å². The van der Waals surface area contributed by atoms with Gasteiger partial charge in [-0.2, -0.15) is 0 Å². The quantitative estimate of drug-likeness (QED) is 0.817. The predicted octanol–water partition coefficient (Wildman–Crippen LogP) is 3.02. The first kappa shape index (κ1) is 12.0. The van der Waals surface area contributed by atoms with Crippen molar-refractivity contribution in [2.24, 2.45) is 0 Å². The van der Waals surface area contributed by atoms with Gasteiger partial charge in [-0.3, -0.25) is 0 Å². The lowest BCUT2D eigenvalue weighted by atomic mass is 9.87. The molecule has 98 valence electrons. The molecule has 1 saturated carbocycles. The summed E-state index contributed by atoms with van der Waals surface area (Å²) in [7, 11) is 0. The van der Waals surface area contributed by atoms with Gasteiger partial charge >= 0.3 is 0 Å². The number of anilines is 1. The summed E-state index contributed by atoms with van der Waals surface area (Å²) in [6, 6.07) is 8.29. The van der Waals surface area contributed by atoms with E-state index in [0.717, 1.165) is 13.1 Å². The molecule has 1 aliphatic carbocycles. The molecule has 0 spiro atoms. The zero-order chi connectivity index (χ0) is 12.5. The molecule has 3 rings (SSSR count). The lowest BCUT2D eigenvalue weighted by molar-refractivity contribution is 0.284. The molecule has 2 heteroatoms. The smallest absolute Gasteiger partial charge is 0.0443 e.